The Bertz CT molecular complexity index is 1240. The van der Waals surface area contributed by atoms with E-state index in [4.69, 9.17) is 9.47 Å². The quantitative estimate of drug-likeness (QED) is 0.493. The average Bonchev–Trinajstić information content (AvgIpc) is 2.80. The normalized spacial score (nSPS) is 11.0. The number of methoxy groups -OCH3 is 2. The van der Waals surface area contributed by atoms with Gasteiger partial charge >= 0.3 is 0 Å². The van der Waals surface area contributed by atoms with E-state index in [1.165, 1.54) is 0 Å². The van der Waals surface area contributed by atoms with E-state index in [1.54, 1.807) is 63.6 Å². The summed E-state index contributed by atoms with van der Waals surface area (Å²) in [6.45, 7) is 4.02. The molecule has 1 amide bonds. The fraction of sp³-hybridized carbons (Fsp3) is 0.240. The van der Waals surface area contributed by atoms with Crippen LogP contribution in [0.2, 0.25) is 0 Å². The average molecular weight is 469 g/mol. The number of carbonyl (C=O) groups is 1. The molecule has 0 radical (unpaired) electrons. The van der Waals surface area contributed by atoms with Gasteiger partial charge in [-0.3, -0.25) is 9.52 Å². The highest BCUT2D eigenvalue weighted by Gasteiger charge is 2.18. The second-order valence-corrected chi connectivity index (χ2v) is 9.27. The number of aryl methyl sites for hydroxylation is 1. The van der Waals surface area contributed by atoms with Crippen LogP contribution in [0.4, 0.5) is 5.69 Å². The minimum atomic E-state index is -3.76. The number of ether oxygens (including phenoxy) is 2. The van der Waals surface area contributed by atoms with Crippen LogP contribution in [0.25, 0.3) is 0 Å². The van der Waals surface area contributed by atoms with E-state index in [0.717, 1.165) is 11.1 Å². The lowest BCUT2D eigenvalue weighted by Crippen LogP contribution is -2.26. The molecule has 3 aromatic carbocycles. The van der Waals surface area contributed by atoms with Gasteiger partial charge in [0.25, 0.3) is 15.9 Å². The third-order valence-electron chi connectivity index (χ3n) is 5.30. The highest BCUT2D eigenvalue weighted by Crippen LogP contribution is 2.27. The van der Waals surface area contributed by atoms with Crippen LogP contribution in [0.3, 0.4) is 0 Å². The van der Waals surface area contributed by atoms with Crippen molar-refractivity contribution >= 4 is 21.6 Å². The van der Waals surface area contributed by atoms with Crippen LogP contribution in [0, 0.1) is 13.8 Å². The fourth-order valence-electron chi connectivity index (χ4n) is 3.37. The van der Waals surface area contributed by atoms with Gasteiger partial charge in [0.15, 0.2) is 11.5 Å². The van der Waals surface area contributed by atoms with E-state index in [2.05, 4.69) is 10.0 Å². The van der Waals surface area contributed by atoms with E-state index >= 15 is 0 Å². The van der Waals surface area contributed by atoms with Gasteiger partial charge < -0.3 is 14.8 Å². The first-order valence-corrected chi connectivity index (χ1v) is 11.9. The Hall–Kier alpha value is -3.52. The lowest BCUT2D eigenvalue weighted by atomic mass is 10.1. The van der Waals surface area contributed by atoms with Crippen molar-refractivity contribution in [1.29, 1.82) is 0 Å². The summed E-state index contributed by atoms with van der Waals surface area (Å²) in [7, 11) is -0.610. The standard InChI is InChI=1S/C25H28N2O5S/c1-17-8-11-20(12-9-17)33(29,30)27-22-7-5-6-21(18(22)2)25(28)26-15-14-19-10-13-23(31-3)24(16-19)32-4/h5-13,16,27H,14-15H2,1-4H3,(H,26,28). The highest BCUT2D eigenvalue weighted by molar-refractivity contribution is 7.92. The Morgan fingerprint density at radius 2 is 1.61 bits per heavy atom. The Labute approximate surface area is 194 Å². The first-order valence-electron chi connectivity index (χ1n) is 10.4. The fourth-order valence-corrected chi connectivity index (χ4v) is 4.49. The molecular weight excluding hydrogens is 440 g/mol. The van der Waals surface area contributed by atoms with Crippen molar-refractivity contribution in [3.63, 3.8) is 0 Å². The molecule has 0 heterocycles. The van der Waals surface area contributed by atoms with E-state index in [-0.39, 0.29) is 10.8 Å². The van der Waals surface area contributed by atoms with Crippen molar-refractivity contribution in [2.75, 3.05) is 25.5 Å². The zero-order valence-corrected chi connectivity index (χ0v) is 20.0. The number of hydrogen-bond acceptors (Lipinski definition) is 5. The van der Waals surface area contributed by atoms with Gasteiger partial charge in [-0.1, -0.05) is 29.8 Å². The summed E-state index contributed by atoms with van der Waals surface area (Å²) in [5.74, 6) is 1.00. The maximum absolute atomic E-state index is 12.8. The molecule has 0 aliphatic rings. The van der Waals surface area contributed by atoms with Crippen molar-refractivity contribution in [2.24, 2.45) is 0 Å². The molecular formula is C25H28N2O5S. The van der Waals surface area contributed by atoms with Crippen molar-refractivity contribution in [2.45, 2.75) is 25.2 Å². The van der Waals surface area contributed by atoms with E-state index in [9.17, 15) is 13.2 Å². The zero-order chi connectivity index (χ0) is 24.0. The van der Waals surface area contributed by atoms with Crippen LogP contribution >= 0.6 is 0 Å². The molecule has 0 spiro atoms. The molecule has 0 atom stereocenters. The van der Waals surface area contributed by atoms with Gasteiger partial charge in [0, 0.05) is 12.1 Å². The van der Waals surface area contributed by atoms with Crippen LogP contribution in [-0.2, 0) is 16.4 Å². The molecule has 3 aromatic rings. The lowest BCUT2D eigenvalue weighted by Gasteiger charge is -2.14. The Kier molecular flexibility index (Phi) is 7.60. The predicted molar refractivity (Wildman–Crippen MR) is 129 cm³/mol. The van der Waals surface area contributed by atoms with Gasteiger partial charge in [0.1, 0.15) is 0 Å². The summed E-state index contributed by atoms with van der Waals surface area (Å²) >= 11 is 0. The SMILES string of the molecule is COc1ccc(CCNC(=O)c2cccc(NS(=O)(=O)c3ccc(C)cc3)c2C)cc1OC. The van der Waals surface area contributed by atoms with Crippen LogP contribution in [0.5, 0.6) is 11.5 Å². The minimum absolute atomic E-state index is 0.164. The number of benzene rings is 3. The molecule has 7 nitrogen and oxygen atoms in total. The summed E-state index contributed by atoms with van der Waals surface area (Å²) in [6.07, 6.45) is 0.602. The maximum Gasteiger partial charge on any atom is 0.261 e. The molecule has 0 saturated carbocycles. The van der Waals surface area contributed by atoms with Crippen LogP contribution in [0.1, 0.15) is 27.0 Å². The van der Waals surface area contributed by atoms with Gasteiger partial charge in [-0.2, -0.15) is 0 Å². The van der Waals surface area contributed by atoms with E-state index in [0.29, 0.717) is 41.3 Å². The van der Waals surface area contributed by atoms with Gasteiger partial charge in [0.2, 0.25) is 0 Å². The predicted octanol–water partition coefficient (Wildman–Crippen LogP) is 4.09. The maximum atomic E-state index is 12.8. The van der Waals surface area contributed by atoms with E-state index < -0.39 is 10.0 Å². The van der Waals surface area contributed by atoms with Crippen molar-refractivity contribution in [1.82, 2.24) is 5.32 Å². The molecule has 0 aliphatic carbocycles. The largest absolute Gasteiger partial charge is 0.493 e. The Morgan fingerprint density at radius 3 is 2.27 bits per heavy atom. The molecule has 0 saturated heterocycles. The van der Waals surface area contributed by atoms with Crippen molar-refractivity contribution in [3.8, 4) is 11.5 Å². The smallest absolute Gasteiger partial charge is 0.261 e. The van der Waals surface area contributed by atoms with Crippen LogP contribution < -0.4 is 19.5 Å². The second-order valence-electron chi connectivity index (χ2n) is 7.59. The number of anilines is 1. The number of hydrogen-bond donors (Lipinski definition) is 2. The molecule has 0 unspecified atom stereocenters. The number of sulfonamides is 1. The highest BCUT2D eigenvalue weighted by atomic mass is 32.2. The third kappa shape index (κ3) is 5.84. The van der Waals surface area contributed by atoms with Gasteiger partial charge in [-0.15, -0.1) is 0 Å². The molecule has 2 N–H and O–H groups in total. The third-order valence-corrected chi connectivity index (χ3v) is 6.68. The first kappa shape index (κ1) is 24.1. The number of nitrogens with one attached hydrogen (secondary N) is 2. The molecule has 8 heteroatoms. The van der Waals surface area contributed by atoms with Crippen LogP contribution in [-0.4, -0.2) is 35.1 Å². The molecule has 174 valence electrons. The van der Waals surface area contributed by atoms with Crippen molar-refractivity contribution in [3.05, 3.63) is 82.9 Å². The summed E-state index contributed by atoms with van der Waals surface area (Å²) in [6, 6.07) is 17.2. The molecule has 0 aromatic heterocycles. The number of amides is 1. The molecule has 0 aliphatic heterocycles. The lowest BCUT2D eigenvalue weighted by molar-refractivity contribution is 0.0953. The second kappa shape index (κ2) is 10.4. The molecule has 0 bridgehead atoms. The van der Waals surface area contributed by atoms with Gasteiger partial charge in [0.05, 0.1) is 24.8 Å². The summed E-state index contributed by atoms with van der Waals surface area (Å²) in [5.41, 5.74) is 3.28. The molecule has 3 rings (SSSR count). The topological polar surface area (TPSA) is 93.7 Å². The first-order chi connectivity index (χ1) is 15.7. The van der Waals surface area contributed by atoms with Gasteiger partial charge in [-0.05, 0) is 67.8 Å². The Morgan fingerprint density at radius 1 is 0.909 bits per heavy atom. The Balaban J connectivity index is 1.68. The van der Waals surface area contributed by atoms with E-state index in [1.807, 2.05) is 25.1 Å². The number of carbonyl (C=O) groups excluding carboxylic acids is 1. The van der Waals surface area contributed by atoms with Gasteiger partial charge in [-0.25, -0.2) is 8.42 Å². The van der Waals surface area contributed by atoms with Crippen molar-refractivity contribution < 1.29 is 22.7 Å². The summed E-state index contributed by atoms with van der Waals surface area (Å²) in [4.78, 5) is 12.9. The number of rotatable bonds is 9. The summed E-state index contributed by atoms with van der Waals surface area (Å²) in [5, 5.41) is 2.89. The summed E-state index contributed by atoms with van der Waals surface area (Å²) < 4.78 is 38.6. The van der Waals surface area contributed by atoms with Crippen LogP contribution in [0.15, 0.2) is 65.6 Å². The molecule has 0 fully saturated rings. The zero-order valence-electron chi connectivity index (χ0n) is 19.1. The monoisotopic (exact) mass is 468 g/mol. The molecule has 33 heavy (non-hydrogen) atoms. The minimum Gasteiger partial charge on any atom is -0.493 e.